The van der Waals surface area contributed by atoms with Gasteiger partial charge in [-0.1, -0.05) is 35.5 Å². The van der Waals surface area contributed by atoms with Gasteiger partial charge in [0, 0.05) is 24.0 Å². The molecule has 1 aromatic heterocycles. The summed E-state index contributed by atoms with van der Waals surface area (Å²) in [6, 6.07) is 10.3. The van der Waals surface area contributed by atoms with Crippen molar-refractivity contribution in [3.8, 4) is 0 Å². The van der Waals surface area contributed by atoms with Gasteiger partial charge in [0.2, 0.25) is 5.89 Å². The summed E-state index contributed by atoms with van der Waals surface area (Å²) < 4.78 is 5.34. The molecule has 3 rings (SSSR count). The van der Waals surface area contributed by atoms with Gasteiger partial charge in [-0.05, 0) is 5.56 Å². The van der Waals surface area contributed by atoms with E-state index in [9.17, 15) is 0 Å². The molecule has 1 aliphatic heterocycles. The molecule has 2 heterocycles. The summed E-state index contributed by atoms with van der Waals surface area (Å²) in [5.41, 5.74) is 7.21. The van der Waals surface area contributed by atoms with E-state index in [1.54, 1.807) is 0 Å². The Morgan fingerprint density at radius 1 is 1.28 bits per heavy atom. The second-order valence-corrected chi connectivity index (χ2v) is 5.59. The van der Waals surface area contributed by atoms with E-state index in [4.69, 9.17) is 10.3 Å². The van der Waals surface area contributed by atoms with Crippen molar-refractivity contribution < 1.29 is 4.52 Å². The smallest absolute Gasteiger partial charge is 0.232 e. The Labute approximate surface area is 110 Å². The highest BCUT2D eigenvalue weighted by atomic mass is 32.2. The SMILES string of the molecule is NC1CSCC1c1nc(Cc2ccccc2)no1. The van der Waals surface area contributed by atoms with E-state index in [0.29, 0.717) is 12.3 Å². The van der Waals surface area contributed by atoms with Crippen LogP contribution in [-0.2, 0) is 6.42 Å². The van der Waals surface area contributed by atoms with Crippen molar-refractivity contribution >= 4 is 11.8 Å². The molecule has 0 aliphatic carbocycles. The van der Waals surface area contributed by atoms with Crippen LogP contribution in [0.2, 0.25) is 0 Å². The van der Waals surface area contributed by atoms with Gasteiger partial charge in [-0.25, -0.2) is 0 Å². The molecule has 5 heteroatoms. The summed E-state index contributed by atoms with van der Waals surface area (Å²) in [5, 5.41) is 4.04. The molecule has 2 N–H and O–H groups in total. The van der Waals surface area contributed by atoms with Crippen LogP contribution < -0.4 is 5.73 Å². The summed E-state index contributed by atoms with van der Waals surface area (Å²) >= 11 is 1.85. The molecule has 18 heavy (non-hydrogen) atoms. The third-order valence-electron chi connectivity index (χ3n) is 3.13. The number of aromatic nitrogens is 2. The van der Waals surface area contributed by atoms with Gasteiger partial charge >= 0.3 is 0 Å². The molecule has 0 radical (unpaired) electrons. The van der Waals surface area contributed by atoms with Gasteiger partial charge in [0.1, 0.15) is 0 Å². The molecule has 2 aromatic rings. The van der Waals surface area contributed by atoms with Crippen LogP contribution >= 0.6 is 11.8 Å². The standard InChI is InChI=1S/C13H15N3OS/c14-11-8-18-7-10(11)13-15-12(16-17-13)6-9-4-2-1-3-5-9/h1-5,10-11H,6-8,14H2. The van der Waals surface area contributed by atoms with Gasteiger partial charge in [0.25, 0.3) is 0 Å². The molecule has 0 amide bonds. The second-order valence-electron chi connectivity index (χ2n) is 4.52. The quantitative estimate of drug-likeness (QED) is 0.913. The molecule has 1 aliphatic rings. The van der Waals surface area contributed by atoms with Gasteiger partial charge in [0.15, 0.2) is 5.82 Å². The summed E-state index contributed by atoms with van der Waals surface area (Å²) in [4.78, 5) is 4.47. The van der Waals surface area contributed by atoms with E-state index < -0.39 is 0 Å². The molecule has 2 unspecified atom stereocenters. The molecule has 1 saturated heterocycles. The highest BCUT2D eigenvalue weighted by Gasteiger charge is 2.30. The normalized spacial score (nSPS) is 23.4. The first-order valence-electron chi connectivity index (χ1n) is 6.02. The number of benzene rings is 1. The summed E-state index contributed by atoms with van der Waals surface area (Å²) in [7, 11) is 0. The highest BCUT2D eigenvalue weighted by molar-refractivity contribution is 7.99. The van der Waals surface area contributed by atoms with Crippen molar-refractivity contribution in [2.45, 2.75) is 18.4 Å². The van der Waals surface area contributed by atoms with Crippen molar-refractivity contribution in [1.29, 1.82) is 0 Å². The summed E-state index contributed by atoms with van der Waals surface area (Å²) in [5.74, 6) is 3.60. The maximum Gasteiger partial charge on any atom is 0.232 e. The minimum absolute atomic E-state index is 0.139. The Kier molecular flexibility index (Phi) is 3.34. The van der Waals surface area contributed by atoms with E-state index in [1.807, 2.05) is 30.0 Å². The molecule has 0 spiro atoms. The average molecular weight is 261 g/mol. The predicted octanol–water partition coefficient (Wildman–Crippen LogP) is 1.82. The monoisotopic (exact) mass is 261 g/mol. The van der Waals surface area contributed by atoms with Crippen LogP contribution in [0.4, 0.5) is 0 Å². The fourth-order valence-corrected chi connectivity index (χ4v) is 3.38. The van der Waals surface area contributed by atoms with Crippen molar-refractivity contribution in [3.05, 3.63) is 47.6 Å². The zero-order valence-electron chi connectivity index (χ0n) is 9.95. The average Bonchev–Trinajstić information content (AvgIpc) is 2.99. The van der Waals surface area contributed by atoms with Gasteiger partial charge in [-0.15, -0.1) is 0 Å². The van der Waals surface area contributed by atoms with Crippen molar-refractivity contribution in [1.82, 2.24) is 10.1 Å². The molecule has 0 bridgehead atoms. The Bertz CT molecular complexity index is 514. The third-order valence-corrected chi connectivity index (χ3v) is 4.35. The molecule has 0 saturated carbocycles. The Morgan fingerprint density at radius 2 is 2.11 bits per heavy atom. The largest absolute Gasteiger partial charge is 0.339 e. The van der Waals surface area contributed by atoms with Gasteiger partial charge in [-0.2, -0.15) is 16.7 Å². The van der Waals surface area contributed by atoms with Crippen LogP contribution in [0.25, 0.3) is 0 Å². The molecular weight excluding hydrogens is 246 g/mol. The van der Waals surface area contributed by atoms with Gasteiger partial charge in [-0.3, -0.25) is 0 Å². The summed E-state index contributed by atoms with van der Waals surface area (Å²) in [6.45, 7) is 0. The molecular formula is C13H15N3OS. The highest BCUT2D eigenvalue weighted by Crippen LogP contribution is 2.30. The van der Waals surface area contributed by atoms with Crippen molar-refractivity contribution in [3.63, 3.8) is 0 Å². The van der Waals surface area contributed by atoms with Gasteiger partial charge in [0.05, 0.1) is 5.92 Å². The van der Waals surface area contributed by atoms with E-state index in [0.717, 1.165) is 17.3 Å². The predicted molar refractivity (Wildman–Crippen MR) is 71.6 cm³/mol. The number of nitrogens with zero attached hydrogens (tertiary/aromatic N) is 2. The lowest BCUT2D eigenvalue weighted by Gasteiger charge is -2.07. The van der Waals surface area contributed by atoms with Crippen LogP contribution in [-0.4, -0.2) is 27.7 Å². The number of nitrogens with two attached hydrogens (primary N) is 1. The Balaban J connectivity index is 1.74. The van der Waals surface area contributed by atoms with Crippen molar-refractivity contribution in [2.75, 3.05) is 11.5 Å². The first-order chi connectivity index (χ1) is 8.83. The third kappa shape index (κ3) is 2.42. The lowest BCUT2D eigenvalue weighted by molar-refractivity contribution is 0.349. The zero-order valence-corrected chi connectivity index (χ0v) is 10.8. The maximum atomic E-state index is 6.02. The van der Waals surface area contributed by atoms with E-state index in [2.05, 4.69) is 22.3 Å². The van der Waals surface area contributed by atoms with Crippen LogP contribution in [0.3, 0.4) is 0 Å². The molecule has 2 atom stereocenters. The second kappa shape index (κ2) is 5.12. The van der Waals surface area contributed by atoms with Crippen LogP contribution in [0.1, 0.15) is 23.2 Å². The van der Waals surface area contributed by atoms with Crippen molar-refractivity contribution in [2.24, 2.45) is 5.73 Å². The van der Waals surface area contributed by atoms with Crippen LogP contribution in [0.15, 0.2) is 34.9 Å². The van der Waals surface area contributed by atoms with E-state index >= 15 is 0 Å². The topological polar surface area (TPSA) is 64.9 Å². The number of hydrogen-bond donors (Lipinski definition) is 1. The first-order valence-corrected chi connectivity index (χ1v) is 7.18. The lowest BCUT2D eigenvalue weighted by atomic mass is 10.1. The maximum absolute atomic E-state index is 6.02. The number of rotatable bonds is 3. The zero-order chi connectivity index (χ0) is 12.4. The molecule has 1 fully saturated rings. The fourth-order valence-electron chi connectivity index (χ4n) is 2.09. The summed E-state index contributed by atoms with van der Waals surface area (Å²) in [6.07, 6.45) is 0.708. The first kappa shape index (κ1) is 11.7. The number of hydrogen-bond acceptors (Lipinski definition) is 5. The minimum atomic E-state index is 0.139. The Morgan fingerprint density at radius 3 is 2.83 bits per heavy atom. The number of thioether (sulfide) groups is 1. The van der Waals surface area contributed by atoms with E-state index in [1.165, 1.54) is 5.56 Å². The minimum Gasteiger partial charge on any atom is -0.339 e. The Hall–Kier alpha value is -1.33. The fraction of sp³-hybridized carbons (Fsp3) is 0.385. The molecule has 94 valence electrons. The van der Waals surface area contributed by atoms with Crippen LogP contribution in [0.5, 0.6) is 0 Å². The lowest BCUT2D eigenvalue weighted by Crippen LogP contribution is -2.26. The van der Waals surface area contributed by atoms with E-state index in [-0.39, 0.29) is 12.0 Å². The van der Waals surface area contributed by atoms with Gasteiger partial charge < -0.3 is 10.3 Å². The van der Waals surface area contributed by atoms with Crippen LogP contribution in [0, 0.1) is 0 Å². The molecule has 4 nitrogen and oxygen atoms in total. The molecule has 1 aromatic carbocycles.